The molecule has 0 saturated heterocycles. The van der Waals surface area contributed by atoms with Crippen molar-refractivity contribution in [2.75, 3.05) is 0 Å². The van der Waals surface area contributed by atoms with Crippen molar-refractivity contribution in [1.29, 1.82) is 0 Å². The molecule has 2 heterocycles. The number of hydrogen-bond acceptors (Lipinski definition) is 5. The van der Waals surface area contributed by atoms with Crippen molar-refractivity contribution in [1.82, 2.24) is 0 Å². The minimum absolute atomic E-state index is 0.0165. The largest absolute Gasteiger partial charge is 0.506 e. The van der Waals surface area contributed by atoms with Gasteiger partial charge in [0.05, 0.1) is 10.3 Å². The van der Waals surface area contributed by atoms with Crippen LogP contribution in [0.25, 0.3) is 25.9 Å². The van der Waals surface area contributed by atoms with Crippen LogP contribution in [0.1, 0.15) is 5.56 Å². The van der Waals surface area contributed by atoms with E-state index in [1.54, 1.807) is 6.07 Å². The fraction of sp³-hybridized carbons (Fsp3) is 0.118. The van der Waals surface area contributed by atoms with Gasteiger partial charge in [-0.1, -0.05) is 18.2 Å². The number of aliphatic hydroxyl groups is 2. The number of thiophene rings is 1. The number of aliphatic hydroxyl groups excluding tert-OH is 2. The maximum atomic E-state index is 12.8. The van der Waals surface area contributed by atoms with Crippen LogP contribution in [0.5, 0.6) is 5.75 Å². The zero-order valence-electron chi connectivity index (χ0n) is 12.3. The third-order valence-electron chi connectivity index (χ3n) is 3.99. The van der Waals surface area contributed by atoms with Gasteiger partial charge in [-0.3, -0.25) is 4.79 Å². The quantitative estimate of drug-likeness (QED) is 0.679. The molecule has 0 bridgehead atoms. The first-order chi connectivity index (χ1) is 11.8. The number of hydrogen-bond donors (Lipinski definition) is 2. The molecule has 1 atom stereocenters. The fourth-order valence-corrected chi connectivity index (χ4v) is 4.14. The molecule has 4 rings (SSSR count). The van der Waals surface area contributed by atoms with Crippen LogP contribution in [0.15, 0.2) is 42.0 Å². The number of rotatable bonds is 1. The standard InChI is InChI=1S/C17H9F3O4S/c18-17(19,20)15(22)12-13(21)11-9(24-16(12)23)6-5-8-7-3-1-2-4-10(7)25-14(8)11/h1-6,16,21,23H. The lowest BCUT2D eigenvalue weighted by molar-refractivity contribution is -0.169. The van der Waals surface area contributed by atoms with Gasteiger partial charge in [-0.2, -0.15) is 13.2 Å². The van der Waals surface area contributed by atoms with E-state index in [0.717, 1.165) is 10.1 Å². The van der Waals surface area contributed by atoms with Gasteiger partial charge < -0.3 is 14.9 Å². The van der Waals surface area contributed by atoms with Crippen molar-refractivity contribution < 1.29 is 32.9 Å². The number of alkyl halides is 3. The Kier molecular flexibility index (Phi) is 3.32. The Bertz CT molecular complexity index is 1060. The second kappa shape index (κ2) is 5.21. The maximum Gasteiger partial charge on any atom is 0.454 e. The second-order valence-corrected chi connectivity index (χ2v) is 6.53. The van der Waals surface area contributed by atoms with Gasteiger partial charge in [0.1, 0.15) is 17.1 Å². The SMILES string of the molecule is O=C(C1=C(O)c2c(ccc3c2sc2ccccc23)OC1O)C(F)(F)F. The molecule has 8 heteroatoms. The van der Waals surface area contributed by atoms with E-state index in [2.05, 4.69) is 0 Å². The predicted octanol–water partition coefficient (Wildman–Crippen LogP) is 4.17. The van der Waals surface area contributed by atoms with Gasteiger partial charge >= 0.3 is 6.18 Å². The highest BCUT2D eigenvalue weighted by molar-refractivity contribution is 7.26. The van der Waals surface area contributed by atoms with Gasteiger partial charge in [0.15, 0.2) is 0 Å². The summed E-state index contributed by atoms with van der Waals surface area (Å²) in [4.78, 5) is 11.6. The van der Waals surface area contributed by atoms with E-state index in [4.69, 9.17) is 4.74 Å². The summed E-state index contributed by atoms with van der Waals surface area (Å²) >= 11 is 1.25. The number of benzene rings is 2. The Morgan fingerprint density at radius 1 is 1.12 bits per heavy atom. The Hall–Kier alpha value is -2.58. The van der Waals surface area contributed by atoms with Crippen LogP contribution in [0.2, 0.25) is 0 Å². The highest BCUT2D eigenvalue weighted by Crippen LogP contribution is 2.45. The van der Waals surface area contributed by atoms with E-state index in [9.17, 15) is 28.2 Å². The molecular formula is C17H9F3O4S. The summed E-state index contributed by atoms with van der Waals surface area (Å²) in [7, 11) is 0. The number of carbonyl (C=O) groups excluding carboxylic acids is 1. The molecule has 128 valence electrons. The van der Waals surface area contributed by atoms with E-state index in [1.807, 2.05) is 24.3 Å². The van der Waals surface area contributed by atoms with Crippen LogP contribution in [0.4, 0.5) is 13.2 Å². The summed E-state index contributed by atoms with van der Waals surface area (Å²) in [5, 5.41) is 21.7. The third-order valence-corrected chi connectivity index (χ3v) is 5.19. The third kappa shape index (κ3) is 2.29. The van der Waals surface area contributed by atoms with Gasteiger partial charge in [-0.05, 0) is 18.2 Å². The Balaban J connectivity index is 2.05. The summed E-state index contributed by atoms with van der Waals surface area (Å²) in [6.07, 6.45) is -7.42. The van der Waals surface area contributed by atoms with Crippen LogP contribution in [0, 0.1) is 0 Å². The highest BCUT2D eigenvalue weighted by Gasteiger charge is 2.47. The molecule has 0 radical (unpaired) electrons. The monoisotopic (exact) mass is 366 g/mol. The number of fused-ring (bicyclic) bond motifs is 5. The highest BCUT2D eigenvalue weighted by atomic mass is 32.1. The molecular weight excluding hydrogens is 357 g/mol. The maximum absolute atomic E-state index is 12.8. The molecule has 2 N–H and O–H groups in total. The molecule has 3 aromatic rings. The summed E-state index contributed by atoms with van der Waals surface area (Å²) in [5.41, 5.74) is -1.22. The van der Waals surface area contributed by atoms with Gasteiger partial charge in [0, 0.05) is 15.5 Å². The molecule has 0 spiro atoms. The van der Waals surface area contributed by atoms with Crippen molar-refractivity contribution in [3.05, 3.63) is 47.5 Å². The topological polar surface area (TPSA) is 66.8 Å². The molecule has 1 aliphatic rings. The molecule has 1 aliphatic heterocycles. The molecule has 4 nitrogen and oxygen atoms in total. The Morgan fingerprint density at radius 2 is 1.84 bits per heavy atom. The van der Waals surface area contributed by atoms with Gasteiger partial charge in [0.2, 0.25) is 6.29 Å². The first-order valence-corrected chi connectivity index (χ1v) is 7.94. The number of halogens is 3. The molecule has 0 amide bonds. The van der Waals surface area contributed by atoms with Gasteiger partial charge in [-0.15, -0.1) is 11.3 Å². The molecule has 0 fully saturated rings. The van der Waals surface area contributed by atoms with Crippen molar-refractivity contribution in [3.63, 3.8) is 0 Å². The fourth-order valence-electron chi connectivity index (χ4n) is 2.90. The van der Waals surface area contributed by atoms with Crippen LogP contribution in [-0.2, 0) is 4.79 Å². The summed E-state index contributed by atoms with van der Waals surface area (Å²) in [6, 6.07) is 10.5. The van der Waals surface area contributed by atoms with Crippen molar-refractivity contribution in [2.45, 2.75) is 12.5 Å². The molecule has 25 heavy (non-hydrogen) atoms. The first kappa shape index (κ1) is 15.9. The number of ketones is 1. The molecule has 1 unspecified atom stereocenters. The predicted molar refractivity (Wildman–Crippen MR) is 86.6 cm³/mol. The van der Waals surface area contributed by atoms with E-state index >= 15 is 0 Å². The Morgan fingerprint density at radius 3 is 2.56 bits per heavy atom. The minimum atomic E-state index is -5.24. The van der Waals surface area contributed by atoms with Crippen LogP contribution < -0.4 is 4.74 Å². The van der Waals surface area contributed by atoms with Gasteiger partial charge in [-0.25, -0.2) is 0 Å². The van der Waals surface area contributed by atoms with E-state index < -0.39 is 29.6 Å². The van der Waals surface area contributed by atoms with E-state index in [-0.39, 0.29) is 11.3 Å². The molecule has 0 aliphatic carbocycles. The van der Waals surface area contributed by atoms with Crippen molar-refractivity contribution in [3.8, 4) is 5.75 Å². The molecule has 0 saturated carbocycles. The smallest absolute Gasteiger partial charge is 0.454 e. The van der Waals surface area contributed by atoms with Crippen molar-refractivity contribution >= 4 is 43.1 Å². The molecule has 1 aromatic heterocycles. The number of carbonyl (C=O) groups is 1. The number of Topliss-reactive ketones (excluding diaryl/α,β-unsaturated/α-hetero) is 1. The lowest BCUT2D eigenvalue weighted by atomic mass is 9.98. The second-order valence-electron chi connectivity index (χ2n) is 5.47. The zero-order valence-corrected chi connectivity index (χ0v) is 13.1. The average Bonchev–Trinajstić information content (AvgIpc) is 2.91. The van der Waals surface area contributed by atoms with Gasteiger partial charge in [0.25, 0.3) is 5.78 Å². The lowest BCUT2D eigenvalue weighted by Gasteiger charge is -2.25. The number of ether oxygens (including phenoxy) is 1. The Labute approximate surface area is 142 Å². The van der Waals surface area contributed by atoms with E-state index in [1.165, 1.54) is 17.4 Å². The summed E-state index contributed by atoms with van der Waals surface area (Å²) < 4.78 is 44.7. The van der Waals surface area contributed by atoms with Crippen LogP contribution in [-0.4, -0.2) is 28.5 Å². The van der Waals surface area contributed by atoms with Crippen LogP contribution in [0.3, 0.4) is 0 Å². The zero-order chi connectivity index (χ0) is 17.9. The van der Waals surface area contributed by atoms with Crippen molar-refractivity contribution in [2.24, 2.45) is 0 Å². The minimum Gasteiger partial charge on any atom is -0.506 e. The molecule has 2 aromatic carbocycles. The first-order valence-electron chi connectivity index (χ1n) is 7.13. The summed E-state index contributed by atoms with van der Waals surface area (Å²) in [5.74, 6) is -3.22. The van der Waals surface area contributed by atoms with Crippen LogP contribution >= 0.6 is 11.3 Å². The average molecular weight is 366 g/mol. The normalized spacial score (nSPS) is 17.7. The lowest BCUT2D eigenvalue weighted by Crippen LogP contribution is -2.36. The summed E-state index contributed by atoms with van der Waals surface area (Å²) in [6.45, 7) is 0. The van der Waals surface area contributed by atoms with E-state index in [0.29, 0.717) is 10.1 Å².